The molecule has 0 atom stereocenters. The monoisotopic (exact) mass is 346 g/mol. The van der Waals surface area contributed by atoms with Gasteiger partial charge in [0.15, 0.2) is 5.65 Å². The average molecular weight is 346 g/mol. The highest BCUT2D eigenvalue weighted by atomic mass is 19.1. The molecule has 1 aromatic carbocycles. The number of fused-ring (bicyclic) bond motifs is 2. The molecule has 0 bridgehead atoms. The van der Waals surface area contributed by atoms with Crippen molar-refractivity contribution in [3.05, 3.63) is 70.9 Å². The van der Waals surface area contributed by atoms with Crippen molar-refractivity contribution in [3.8, 4) is 6.07 Å². The lowest BCUT2D eigenvalue weighted by atomic mass is 9.65. The van der Waals surface area contributed by atoms with Crippen LogP contribution >= 0.6 is 0 Å². The van der Waals surface area contributed by atoms with Crippen molar-refractivity contribution in [1.82, 2.24) is 9.38 Å². The van der Waals surface area contributed by atoms with Crippen molar-refractivity contribution >= 4 is 11.4 Å². The third-order valence-corrected chi connectivity index (χ3v) is 5.71. The molecule has 0 radical (unpaired) electrons. The van der Waals surface area contributed by atoms with Gasteiger partial charge in [0.1, 0.15) is 11.9 Å². The summed E-state index contributed by atoms with van der Waals surface area (Å²) in [5, 5.41) is 9.32. The van der Waals surface area contributed by atoms with Crippen LogP contribution in [0.15, 0.2) is 47.7 Å². The number of hydrogen-bond donors (Lipinski definition) is 0. The van der Waals surface area contributed by atoms with Gasteiger partial charge in [-0.3, -0.25) is 9.39 Å². The second-order valence-corrected chi connectivity index (χ2v) is 7.68. The number of benzene rings is 1. The van der Waals surface area contributed by atoms with Gasteiger partial charge in [-0.05, 0) is 32.0 Å². The van der Waals surface area contributed by atoms with Crippen LogP contribution in [0.3, 0.4) is 0 Å². The summed E-state index contributed by atoms with van der Waals surface area (Å²) in [4.78, 5) is 9.41. The lowest BCUT2D eigenvalue weighted by Crippen LogP contribution is -2.47. The Bertz CT molecular complexity index is 1110. The summed E-state index contributed by atoms with van der Waals surface area (Å²) < 4.78 is 16.7. The molecule has 4 rings (SSSR count). The van der Waals surface area contributed by atoms with E-state index in [0.29, 0.717) is 22.5 Å². The molecule has 130 valence electrons. The molecule has 3 aromatic rings. The van der Waals surface area contributed by atoms with Gasteiger partial charge >= 0.3 is 0 Å². The van der Waals surface area contributed by atoms with E-state index >= 15 is 0 Å². The number of rotatable bonds is 1. The van der Waals surface area contributed by atoms with Crippen molar-refractivity contribution in [2.75, 3.05) is 0 Å². The van der Waals surface area contributed by atoms with Gasteiger partial charge in [0.05, 0.1) is 28.7 Å². The van der Waals surface area contributed by atoms with Crippen LogP contribution in [0, 0.1) is 17.1 Å². The first-order valence-electron chi connectivity index (χ1n) is 8.54. The van der Waals surface area contributed by atoms with E-state index in [2.05, 4.69) is 11.1 Å². The summed E-state index contributed by atoms with van der Waals surface area (Å²) in [6, 6.07) is 10.8. The fourth-order valence-electron chi connectivity index (χ4n) is 3.61. The minimum atomic E-state index is -0.505. The fraction of sp³-hybridized carbons (Fsp3) is 0.286. The van der Waals surface area contributed by atoms with E-state index in [-0.39, 0.29) is 5.82 Å². The first-order chi connectivity index (χ1) is 12.3. The predicted molar refractivity (Wildman–Crippen MR) is 99.1 cm³/mol. The van der Waals surface area contributed by atoms with Gasteiger partial charge in [-0.15, -0.1) is 0 Å². The molecular formula is C21H19FN4. The lowest BCUT2D eigenvalue weighted by molar-refractivity contribution is 0.293. The van der Waals surface area contributed by atoms with Gasteiger partial charge in [0.25, 0.3) is 0 Å². The summed E-state index contributed by atoms with van der Waals surface area (Å²) in [6.45, 7) is 8.09. The van der Waals surface area contributed by atoms with E-state index in [1.807, 2.05) is 50.4 Å². The molecule has 1 aliphatic rings. The fourth-order valence-corrected chi connectivity index (χ4v) is 3.61. The molecule has 0 amide bonds. The molecule has 26 heavy (non-hydrogen) atoms. The topological polar surface area (TPSA) is 53.5 Å². The summed E-state index contributed by atoms with van der Waals surface area (Å²) in [7, 11) is 0. The molecule has 0 spiro atoms. The maximum Gasteiger partial charge on any atom is 0.155 e. The number of nitrogens with zero attached hydrogens (tertiary/aromatic N) is 4. The Hall–Kier alpha value is -3.00. The number of imidazole rings is 1. The molecule has 0 fully saturated rings. The largest absolute Gasteiger partial charge is 0.297 e. The Morgan fingerprint density at radius 3 is 2.62 bits per heavy atom. The minimum absolute atomic E-state index is 0.223. The Kier molecular flexibility index (Phi) is 3.32. The third kappa shape index (κ3) is 2.05. The Morgan fingerprint density at radius 2 is 1.88 bits per heavy atom. The van der Waals surface area contributed by atoms with Gasteiger partial charge in [-0.1, -0.05) is 26.0 Å². The quantitative estimate of drug-likeness (QED) is 0.661. The lowest BCUT2D eigenvalue weighted by Gasteiger charge is -2.44. The van der Waals surface area contributed by atoms with E-state index in [4.69, 9.17) is 4.99 Å². The summed E-state index contributed by atoms with van der Waals surface area (Å²) in [5.41, 5.74) is 3.01. The van der Waals surface area contributed by atoms with Gasteiger partial charge in [-0.25, -0.2) is 9.37 Å². The molecule has 0 N–H and O–H groups in total. The predicted octanol–water partition coefficient (Wildman–Crippen LogP) is 4.25. The van der Waals surface area contributed by atoms with Crippen molar-refractivity contribution < 1.29 is 4.39 Å². The third-order valence-electron chi connectivity index (χ3n) is 5.71. The van der Waals surface area contributed by atoms with Crippen LogP contribution in [-0.4, -0.2) is 20.6 Å². The Balaban J connectivity index is 2.07. The van der Waals surface area contributed by atoms with Gasteiger partial charge < -0.3 is 0 Å². The van der Waals surface area contributed by atoms with Crippen LogP contribution in [0.4, 0.5) is 4.39 Å². The minimum Gasteiger partial charge on any atom is -0.297 e. The molecule has 0 saturated carbocycles. The van der Waals surface area contributed by atoms with Crippen LogP contribution in [0.25, 0.3) is 5.65 Å². The molecule has 0 saturated heterocycles. The average Bonchev–Trinajstić information content (AvgIpc) is 3.02. The molecule has 0 aliphatic carbocycles. The van der Waals surface area contributed by atoms with Crippen molar-refractivity contribution in [2.45, 2.75) is 38.6 Å². The second kappa shape index (κ2) is 5.25. The zero-order valence-corrected chi connectivity index (χ0v) is 15.2. The summed E-state index contributed by atoms with van der Waals surface area (Å²) >= 11 is 0. The van der Waals surface area contributed by atoms with Gasteiger partial charge in [0.2, 0.25) is 0 Å². The van der Waals surface area contributed by atoms with Crippen LogP contribution in [-0.2, 0) is 5.41 Å². The van der Waals surface area contributed by atoms with Crippen LogP contribution in [0.1, 0.15) is 50.1 Å². The molecule has 1 aliphatic heterocycles. The number of hydrogen-bond acceptors (Lipinski definition) is 3. The number of nitriles is 1. The smallest absolute Gasteiger partial charge is 0.155 e. The van der Waals surface area contributed by atoms with E-state index in [1.165, 1.54) is 6.07 Å². The first kappa shape index (κ1) is 16.5. The summed E-state index contributed by atoms with van der Waals surface area (Å²) in [5.74, 6) is -0.223. The highest BCUT2D eigenvalue weighted by Gasteiger charge is 2.45. The van der Waals surface area contributed by atoms with Gasteiger partial charge in [0, 0.05) is 22.7 Å². The maximum atomic E-state index is 14.8. The Morgan fingerprint density at radius 1 is 1.12 bits per heavy atom. The van der Waals surface area contributed by atoms with E-state index in [9.17, 15) is 9.65 Å². The normalized spacial score (nSPS) is 17.5. The highest BCUT2D eigenvalue weighted by molar-refractivity contribution is 6.14. The number of aliphatic imine (C=N–C) groups is 1. The molecule has 4 nitrogen and oxygen atoms in total. The van der Waals surface area contributed by atoms with Crippen molar-refractivity contribution in [3.63, 3.8) is 0 Å². The standard InChI is InChI=1S/C21H19FN4/c1-20(2)17-14(8-5-9-15(17)22)18(25-21(20,3)4)16-12-24-19-13(11-23)7-6-10-26(16)19/h5-10,12H,1-4H3. The number of halogens is 1. The Labute approximate surface area is 151 Å². The van der Waals surface area contributed by atoms with Crippen LogP contribution in [0.2, 0.25) is 0 Å². The van der Waals surface area contributed by atoms with Crippen LogP contribution < -0.4 is 0 Å². The molecule has 3 heterocycles. The summed E-state index contributed by atoms with van der Waals surface area (Å²) in [6.07, 6.45) is 3.56. The molecular weight excluding hydrogens is 327 g/mol. The highest BCUT2D eigenvalue weighted by Crippen LogP contribution is 2.45. The molecule has 0 unspecified atom stereocenters. The van der Waals surface area contributed by atoms with Crippen molar-refractivity contribution in [2.24, 2.45) is 4.99 Å². The van der Waals surface area contributed by atoms with E-state index < -0.39 is 11.0 Å². The first-order valence-corrected chi connectivity index (χ1v) is 8.54. The SMILES string of the molecule is CC1(C)N=C(c2cnc3c(C#N)cccn23)c2cccc(F)c2C1(C)C. The second-order valence-electron chi connectivity index (χ2n) is 7.68. The van der Waals surface area contributed by atoms with E-state index in [0.717, 1.165) is 11.3 Å². The molecule has 5 heteroatoms. The zero-order chi connectivity index (χ0) is 18.7. The van der Waals surface area contributed by atoms with Gasteiger partial charge in [-0.2, -0.15) is 5.26 Å². The zero-order valence-electron chi connectivity index (χ0n) is 15.2. The maximum absolute atomic E-state index is 14.8. The van der Waals surface area contributed by atoms with Crippen molar-refractivity contribution in [1.29, 1.82) is 5.26 Å². The molecule has 2 aromatic heterocycles. The number of pyridine rings is 1. The van der Waals surface area contributed by atoms with Crippen LogP contribution in [0.5, 0.6) is 0 Å². The number of aromatic nitrogens is 2. The van der Waals surface area contributed by atoms with E-state index in [1.54, 1.807) is 18.3 Å².